The lowest BCUT2D eigenvalue weighted by molar-refractivity contribution is 1.59. The van der Waals surface area contributed by atoms with Gasteiger partial charge in [0.1, 0.15) is 0 Å². The van der Waals surface area contributed by atoms with Crippen LogP contribution in [0, 0.1) is 0 Å². The molecule has 14 aromatic rings. The summed E-state index contributed by atoms with van der Waals surface area (Å²) in [5.74, 6) is 0. The van der Waals surface area contributed by atoms with Crippen LogP contribution in [0.1, 0.15) is 0 Å². The molecule has 0 radical (unpaired) electrons. The summed E-state index contributed by atoms with van der Waals surface area (Å²) in [7, 11) is 0. The van der Waals surface area contributed by atoms with Crippen molar-refractivity contribution in [1.29, 1.82) is 0 Å². The van der Waals surface area contributed by atoms with Crippen LogP contribution in [-0.2, 0) is 0 Å². The summed E-state index contributed by atoms with van der Waals surface area (Å²) < 4.78 is 0. The van der Waals surface area contributed by atoms with E-state index in [9.17, 15) is 0 Å². The van der Waals surface area contributed by atoms with Gasteiger partial charge in [-0.05, 0) is 183 Å². The number of rotatable bonds is 4. The molecule has 0 saturated carbocycles. The van der Waals surface area contributed by atoms with E-state index in [4.69, 9.17) is 0 Å². The van der Waals surface area contributed by atoms with Crippen molar-refractivity contribution in [1.82, 2.24) is 0 Å². The molecule has 1 aliphatic rings. The van der Waals surface area contributed by atoms with Crippen molar-refractivity contribution in [3.63, 3.8) is 0 Å². The van der Waals surface area contributed by atoms with E-state index >= 15 is 0 Å². The van der Waals surface area contributed by atoms with Crippen LogP contribution in [0.4, 0.5) is 0 Å². The van der Waals surface area contributed by atoms with Gasteiger partial charge in [0.15, 0.2) is 0 Å². The lowest BCUT2D eigenvalue weighted by Crippen LogP contribution is -1.95. The molecule has 0 heteroatoms. The minimum absolute atomic E-state index is 1.22. The Morgan fingerprint density at radius 3 is 1.17 bits per heavy atom. The molecule has 0 aromatic heterocycles. The molecule has 14 aromatic carbocycles. The van der Waals surface area contributed by atoms with Gasteiger partial charge >= 0.3 is 0 Å². The van der Waals surface area contributed by atoms with E-state index in [1.807, 2.05) is 0 Å². The highest BCUT2D eigenvalue weighted by atomic mass is 14.3. The molecule has 0 bridgehead atoms. The van der Waals surface area contributed by atoms with Gasteiger partial charge < -0.3 is 0 Å². The van der Waals surface area contributed by atoms with Gasteiger partial charge in [0.2, 0.25) is 0 Å². The predicted octanol–water partition coefficient (Wildman–Crippen LogP) is 18.7. The molecule has 0 N–H and O–H groups in total. The molecule has 0 saturated heterocycles. The number of hydrogen-bond acceptors (Lipinski definition) is 0. The van der Waals surface area contributed by atoms with E-state index in [2.05, 4.69) is 231 Å². The zero-order chi connectivity index (χ0) is 43.0. The quantitative estimate of drug-likeness (QED) is 0.122. The molecule has 0 unspecified atom stereocenters. The fourth-order valence-electron chi connectivity index (χ4n) is 11.9. The van der Waals surface area contributed by atoms with Gasteiger partial charge in [-0.3, -0.25) is 0 Å². The van der Waals surface area contributed by atoms with Crippen LogP contribution in [-0.4, -0.2) is 0 Å². The predicted molar refractivity (Wildman–Crippen MR) is 284 cm³/mol. The minimum atomic E-state index is 1.22. The van der Waals surface area contributed by atoms with E-state index in [1.165, 1.54) is 153 Å². The summed E-state index contributed by atoms with van der Waals surface area (Å²) in [4.78, 5) is 0. The first-order valence-corrected chi connectivity index (χ1v) is 23.1. The van der Waals surface area contributed by atoms with Crippen LogP contribution < -0.4 is 0 Å². The summed E-state index contributed by atoms with van der Waals surface area (Å²) in [6.07, 6.45) is 0. The lowest BCUT2D eigenvalue weighted by Gasteiger charge is -2.22. The monoisotopic (exact) mass is 830 g/mol. The largest absolute Gasteiger partial charge is 0.0622 e. The summed E-state index contributed by atoms with van der Waals surface area (Å²) >= 11 is 0. The van der Waals surface area contributed by atoms with E-state index in [-0.39, 0.29) is 0 Å². The molecule has 66 heavy (non-hydrogen) atoms. The number of hydrogen-bond donors (Lipinski definition) is 0. The molecule has 0 fully saturated rings. The molecule has 0 spiro atoms. The van der Waals surface area contributed by atoms with Gasteiger partial charge in [-0.2, -0.15) is 0 Å². The van der Waals surface area contributed by atoms with Gasteiger partial charge in [-0.25, -0.2) is 0 Å². The first kappa shape index (κ1) is 35.8. The number of fused-ring (bicyclic) bond motifs is 11. The van der Waals surface area contributed by atoms with Gasteiger partial charge in [0.25, 0.3) is 0 Å². The third-order valence-corrected chi connectivity index (χ3v) is 14.9. The van der Waals surface area contributed by atoms with Crippen LogP contribution in [0.3, 0.4) is 0 Å². The zero-order valence-electron chi connectivity index (χ0n) is 35.9. The average molecular weight is 831 g/mol. The third kappa shape index (κ3) is 4.99. The Hall–Kier alpha value is -8.58. The summed E-state index contributed by atoms with van der Waals surface area (Å²) in [6, 6.07) is 86.8. The molecule has 0 atom stereocenters. The Morgan fingerprint density at radius 1 is 0.167 bits per heavy atom. The molecule has 0 heterocycles. The Bertz CT molecular complexity index is 4330. The zero-order valence-corrected chi connectivity index (χ0v) is 35.9. The van der Waals surface area contributed by atoms with Crippen LogP contribution in [0.15, 0.2) is 231 Å². The summed E-state index contributed by atoms with van der Waals surface area (Å²) in [5.41, 5.74) is 15.2. The van der Waals surface area contributed by atoms with Crippen molar-refractivity contribution < 1.29 is 0 Å². The van der Waals surface area contributed by atoms with E-state index in [1.54, 1.807) is 0 Å². The first-order chi connectivity index (χ1) is 32.7. The number of benzene rings is 14. The maximum atomic E-state index is 2.56. The van der Waals surface area contributed by atoms with Gasteiger partial charge in [0, 0.05) is 0 Å². The van der Waals surface area contributed by atoms with Gasteiger partial charge in [0.05, 0.1) is 0 Å². The van der Waals surface area contributed by atoms with Crippen molar-refractivity contribution in [3.05, 3.63) is 231 Å². The molecule has 0 aliphatic heterocycles. The van der Waals surface area contributed by atoms with Crippen molar-refractivity contribution in [2.75, 3.05) is 0 Å². The van der Waals surface area contributed by atoms with Crippen molar-refractivity contribution in [3.8, 4) is 66.8 Å². The van der Waals surface area contributed by atoms with Crippen LogP contribution in [0.25, 0.3) is 153 Å². The van der Waals surface area contributed by atoms with Crippen molar-refractivity contribution >= 4 is 86.2 Å². The topological polar surface area (TPSA) is 0 Å². The van der Waals surface area contributed by atoms with Crippen LogP contribution in [0.5, 0.6) is 0 Å². The highest BCUT2D eigenvalue weighted by molar-refractivity contribution is 6.37. The Morgan fingerprint density at radius 2 is 0.576 bits per heavy atom. The second kappa shape index (κ2) is 13.5. The lowest BCUT2D eigenvalue weighted by atomic mass is 9.80. The van der Waals surface area contributed by atoms with Crippen molar-refractivity contribution in [2.45, 2.75) is 0 Å². The Kier molecular flexibility index (Phi) is 7.31. The summed E-state index contributed by atoms with van der Waals surface area (Å²) in [5, 5.41) is 20.7. The Balaban J connectivity index is 1.15. The van der Waals surface area contributed by atoms with E-state index < -0.39 is 0 Å². The molecule has 0 amide bonds. The SMILES string of the molecule is c1ccc(-c2ccc(-c3c4c(c(-c5ccc(-c6ccccc6)cc5)c5cc6c7cc8ccccc8cc7c7ccccc7c6cc35)-c3ccc5ccc6cccc7cc-4c3c5c67)cc2)cc1. The molecule has 0 nitrogen and oxygen atoms in total. The highest BCUT2D eigenvalue weighted by Gasteiger charge is 2.33. The fourth-order valence-corrected chi connectivity index (χ4v) is 11.9. The first-order valence-electron chi connectivity index (χ1n) is 23.1. The molecule has 15 rings (SSSR count). The van der Waals surface area contributed by atoms with E-state index in [0.717, 1.165) is 0 Å². The Labute approximate surface area is 381 Å². The third-order valence-electron chi connectivity index (χ3n) is 14.9. The maximum Gasteiger partial charge on any atom is -0.000719 e. The van der Waals surface area contributed by atoms with Crippen LogP contribution in [0.2, 0.25) is 0 Å². The standard InChI is InChI=1S/C66H38/c1-3-12-39(13-4-1)41-22-26-44(27-23-41)61-58-38-56-54-35-48-17-8-7-16-47(48)34-53(54)50-20-9-10-21-51(50)55(56)37-57(58)62(45-28-24-42(25-29-45)40-14-5-2-6-15-40)66-59-36-49-19-11-18-43-30-31-46-32-33-52(65(61)66)64(59)63(46)60(43)49/h1-38H. The normalized spacial score (nSPS) is 12.2. The minimum Gasteiger partial charge on any atom is -0.0622 e. The second-order valence-corrected chi connectivity index (χ2v) is 18.3. The average Bonchev–Trinajstić information content (AvgIpc) is 3.71. The van der Waals surface area contributed by atoms with Crippen LogP contribution >= 0.6 is 0 Å². The molecular weight excluding hydrogens is 793 g/mol. The highest BCUT2D eigenvalue weighted by Crippen LogP contribution is 2.60. The smallest absolute Gasteiger partial charge is 0.000719 e. The maximum absolute atomic E-state index is 2.56. The second-order valence-electron chi connectivity index (χ2n) is 18.3. The molecular formula is C66H38. The molecule has 302 valence electrons. The van der Waals surface area contributed by atoms with Crippen molar-refractivity contribution in [2.24, 2.45) is 0 Å². The molecule has 1 aliphatic carbocycles. The van der Waals surface area contributed by atoms with E-state index in [0.29, 0.717) is 0 Å². The van der Waals surface area contributed by atoms with Gasteiger partial charge in [-0.1, -0.05) is 200 Å². The van der Waals surface area contributed by atoms with Gasteiger partial charge in [-0.15, -0.1) is 0 Å². The summed E-state index contributed by atoms with van der Waals surface area (Å²) in [6.45, 7) is 0. The fraction of sp³-hybridized carbons (Fsp3) is 0.